The number of nitrogens with zero attached hydrogens (tertiary/aromatic N) is 5. The quantitative estimate of drug-likeness (QED) is 0.495. The summed E-state index contributed by atoms with van der Waals surface area (Å²) < 4.78 is 45.2. The van der Waals surface area contributed by atoms with Gasteiger partial charge in [-0.05, 0) is 63.9 Å². The molecule has 0 bridgehead atoms. The molecule has 9 nitrogen and oxygen atoms in total. The van der Waals surface area contributed by atoms with Crippen molar-refractivity contribution < 1.29 is 22.3 Å². The maximum absolute atomic E-state index is 13.6. The van der Waals surface area contributed by atoms with Crippen molar-refractivity contribution in [3.8, 4) is 22.6 Å². The molecule has 35 heavy (non-hydrogen) atoms. The average Bonchev–Trinajstić information content (AvgIpc) is 3.23. The van der Waals surface area contributed by atoms with E-state index in [0.717, 1.165) is 6.26 Å². The molecule has 0 atom stereocenters. The summed E-state index contributed by atoms with van der Waals surface area (Å²) in [6, 6.07) is 7.55. The Balaban J connectivity index is 1.70. The lowest BCUT2D eigenvalue weighted by atomic mass is 10.0. The minimum atomic E-state index is -3.63. The molecule has 0 spiro atoms. The summed E-state index contributed by atoms with van der Waals surface area (Å²) in [7, 11) is -3.63. The Kier molecular flexibility index (Phi) is 6.63. The molecule has 186 valence electrons. The Labute approximate surface area is 203 Å². The van der Waals surface area contributed by atoms with Crippen LogP contribution in [0, 0.1) is 5.82 Å². The first-order valence-corrected chi connectivity index (χ1v) is 13.2. The highest BCUT2D eigenvalue weighted by Gasteiger charge is 2.30. The third kappa shape index (κ3) is 5.67. The van der Waals surface area contributed by atoms with Gasteiger partial charge >= 0.3 is 6.09 Å². The molecule has 1 fully saturated rings. The van der Waals surface area contributed by atoms with E-state index in [1.165, 1.54) is 18.3 Å². The van der Waals surface area contributed by atoms with Crippen molar-refractivity contribution in [2.45, 2.75) is 50.4 Å². The zero-order valence-electron chi connectivity index (χ0n) is 20.1. The van der Waals surface area contributed by atoms with E-state index < -0.39 is 15.4 Å². The van der Waals surface area contributed by atoms with Crippen molar-refractivity contribution in [2.24, 2.45) is 0 Å². The molecular formula is C24H28FN5O4S. The van der Waals surface area contributed by atoms with Crippen LogP contribution >= 0.6 is 0 Å². The molecule has 1 saturated heterocycles. The summed E-state index contributed by atoms with van der Waals surface area (Å²) in [5.74, 6) is -0.370. The van der Waals surface area contributed by atoms with Gasteiger partial charge in [0.1, 0.15) is 11.4 Å². The second-order valence-corrected chi connectivity index (χ2v) is 11.5. The second-order valence-electron chi connectivity index (χ2n) is 9.55. The number of halogens is 1. The lowest BCUT2D eigenvalue weighted by Gasteiger charge is -2.34. The molecule has 4 rings (SSSR count). The number of carbonyl (C=O) groups excluding carboxylic acids is 1. The number of hydrogen-bond acceptors (Lipinski definition) is 7. The van der Waals surface area contributed by atoms with Crippen LogP contribution < -0.4 is 0 Å². The van der Waals surface area contributed by atoms with Gasteiger partial charge in [0.2, 0.25) is 15.0 Å². The first-order valence-electron chi connectivity index (χ1n) is 11.3. The van der Waals surface area contributed by atoms with E-state index >= 15 is 0 Å². The highest BCUT2D eigenvalue weighted by atomic mass is 32.2. The molecule has 0 saturated carbocycles. The van der Waals surface area contributed by atoms with Crippen LogP contribution in [0.25, 0.3) is 22.6 Å². The minimum absolute atomic E-state index is 0.0120. The summed E-state index contributed by atoms with van der Waals surface area (Å²) >= 11 is 0. The van der Waals surface area contributed by atoms with Crippen LogP contribution in [0.5, 0.6) is 0 Å². The van der Waals surface area contributed by atoms with Crippen LogP contribution in [-0.4, -0.2) is 63.9 Å². The first-order chi connectivity index (χ1) is 16.4. The van der Waals surface area contributed by atoms with E-state index in [2.05, 4.69) is 15.0 Å². The van der Waals surface area contributed by atoms with E-state index in [1.807, 2.05) is 25.3 Å². The Morgan fingerprint density at radius 1 is 1.09 bits per heavy atom. The zero-order valence-corrected chi connectivity index (χ0v) is 20.9. The van der Waals surface area contributed by atoms with Crippen molar-refractivity contribution in [3.05, 3.63) is 48.7 Å². The molecule has 1 aliphatic rings. The standard InChI is InChI=1S/C24H28FN5O4S/c1-24(2,3)34-23(31)29-13-10-18(11-14-29)30-15-27-20(16-5-7-17(25)8-6-16)21(30)19-9-12-26-22(28-19)35(4,32)33/h5-9,12,15,18H,10-11,13-14H2,1-4H3. The molecule has 1 aromatic carbocycles. The van der Waals surface area contributed by atoms with Gasteiger partial charge in [-0.3, -0.25) is 0 Å². The van der Waals surface area contributed by atoms with Crippen molar-refractivity contribution >= 4 is 15.9 Å². The third-order valence-electron chi connectivity index (χ3n) is 5.63. The summed E-state index contributed by atoms with van der Waals surface area (Å²) in [4.78, 5) is 27.0. The van der Waals surface area contributed by atoms with Gasteiger partial charge in [0.25, 0.3) is 0 Å². The van der Waals surface area contributed by atoms with E-state index in [1.54, 1.807) is 29.4 Å². The maximum atomic E-state index is 13.6. The summed E-state index contributed by atoms with van der Waals surface area (Å²) in [5.41, 5.74) is 1.66. The van der Waals surface area contributed by atoms with Crippen LogP contribution in [0.1, 0.15) is 39.7 Å². The molecule has 0 N–H and O–H groups in total. The molecule has 1 amide bonds. The number of amides is 1. The summed E-state index contributed by atoms with van der Waals surface area (Å²) in [6.45, 7) is 6.50. The normalized spacial score (nSPS) is 15.3. The largest absolute Gasteiger partial charge is 0.444 e. The molecule has 0 radical (unpaired) electrons. The van der Waals surface area contributed by atoms with Gasteiger partial charge in [-0.1, -0.05) is 0 Å². The molecular weight excluding hydrogens is 473 g/mol. The van der Waals surface area contributed by atoms with Gasteiger partial charge in [-0.2, -0.15) is 0 Å². The molecule has 0 aliphatic carbocycles. The number of rotatable bonds is 4. The zero-order chi connectivity index (χ0) is 25.4. The number of likely N-dealkylation sites (tertiary alicyclic amines) is 1. The Morgan fingerprint density at radius 3 is 2.34 bits per heavy atom. The molecule has 11 heteroatoms. The monoisotopic (exact) mass is 501 g/mol. The second kappa shape index (κ2) is 9.37. The summed E-state index contributed by atoms with van der Waals surface area (Å²) in [6.07, 6.45) is 5.09. The fourth-order valence-corrected chi connectivity index (χ4v) is 4.53. The SMILES string of the molecule is CC(C)(C)OC(=O)N1CCC(n2cnc(-c3ccc(F)cc3)c2-c2ccnc(S(C)(=O)=O)n2)CC1. The Bertz CT molecular complexity index is 1320. The molecule has 2 aromatic heterocycles. The number of imidazole rings is 1. The van der Waals surface area contributed by atoms with Crippen LogP contribution in [0.3, 0.4) is 0 Å². The number of piperidine rings is 1. The van der Waals surface area contributed by atoms with Gasteiger partial charge in [0.15, 0.2) is 0 Å². The van der Waals surface area contributed by atoms with Crippen molar-refractivity contribution in [3.63, 3.8) is 0 Å². The molecule has 3 heterocycles. The van der Waals surface area contributed by atoms with Crippen LogP contribution in [0.15, 0.2) is 48.0 Å². The van der Waals surface area contributed by atoms with Crippen LogP contribution in [0.4, 0.5) is 9.18 Å². The van der Waals surface area contributed by atoms with E-state index in [4.69, 9.17) is 4.74 Å². The van der Waals surface area contributed by atoms with Crippen LogP contribution in [0.2, 0.25) is 0 Å². The van der Waals surface area contributed by atoms with E-state index in [0.29, 0.717) is 48.6 Å². The smallest absolute Gasteiger partial charge is 0.410 e. The van der Waals surface area contributed by atoms with Crippen molar-refractivity contribution in [2.75, 3.05) is 19.3 Å². The number of carbonyl (C=O) groups is 1. The van der Waals surface area contributed by atoms with Gasteiger partial charge in [-0.15, -0.1) is 0 Å². The molecule has 3 aromatic rings. The summed E-state index contributed by atoms with van der Waals surface area (Å²) in [5, 5.41) is -0.285. The lowest BCUT2D eigenvalue weighted by molar-refractivity contribution is 0.0189. The highest BCUT2D eigenvalue weighted by Crippen LogP contribution is 2.35. The predicted octanol–water partition coefficient (Wildman–Crippen LogP) is 4.12. The van der Waals surface area contributed by atoms with E-state index in [9.17, 15) is 17.6 Å². The number of sulfone groups is 1. The van der Waals surface area contributed by atoms with Crippen molar-refractivity contribution in [1.29, 1.82) is 0 Å². The van der Waals surface area contributed by atoms with Crippen LogP contribution in [-0.2, 0) is 14.6 Å². The number of ether oxygens (including phenoxy) is 1. The Hall–Kier alpha value is -3.34. The lowest BCUT2D eigenvalue weighted by Crippen LogP contribution is -2.42. The number of aromatic nitrogens is 4. The highest BCUT2D eigenvalue weighted by molar-refractivity contribution is 7.90. The molecule has 1 aliphatic heterocycles. The number of benzene rings is 1. The van der Waals surface area contributed by atoms with Gasteiger partial charge < -0.3 is 14.2 Å². The fraction of sp³-hybridized carbons (Fsp3) is 0.417. The van der Waals surface area contributed by atoms with Gasteiger partial charge in [0, 0.05) is 37.1 Å². The predicted molar refractivity (Wildman–Crippen MR) is 128 cm³/mol. The van der Waals surface area contributed by atoms with Gasteiger partial charge in [0.05, 0.1) is 23.4 Å². The van der Waals surface area contributed by atoms with Crippen molar-refractivity contribution in [1.82, 2.24) is 24.4 Å². The Morgan fingerprint density at radius 2 is 1.74 bits per heavy atom. The fourth-order valence-electron chi connectivity index (χ4n) is 4.01. The van der Waals surface area contributed by atoms with E-state index in [-0.39, 0.29) is 23.1 Å². The van der Waals surface area contributed by atoms with Gasteiger partial charge in [-0.25, -0.2) is 32.6 Å². The average molecular weight is 502 g/mol. The maximum Gasteiger partial charge on any atom is 0.410 e. The minimum Gasteiger partial charge on any atom is -0.444 e. The third-order valence-corrected chi connectivity index (χ3v) is 6.49. The molecule has 0 unspecified atom stereocenters. The number of hydrogen-bond donors (Lipinski definition) is 0. The first kappa shape index (κ1) is 24.8. The topological polar surface area (TPSA) is 107 Å².